The lowest BCUT2D eigenvalue weighted by Crippen LogP contribution is -2.53. The molecular weight excluding hydrogens is 222 g/mol. The molecule has 1 aliphatic heterocycles. The van der Waals surface area contributed by atoms with E-state index in [2.05, 4.69) is 5.32 Å². The summed E-state index contributed by atoms with van der Waals surface area (Å²) in [6.07, 6.45) is 0.336. The molecule has 0 saturated carbocycles. The Labute approximate surface area is 101 Å². The van der Waals surface area contributed by atoms with Crippen LogP contribution >= 0.6 is 0 Å². The minimum absolute atomic E-state index is 0.0167. The van der Waals surface area contributed by atoms with E-state index in [1.54, 1.807) is 12.0 Å². The first-order chi connectivity index (χ1) is 8.29. The zero-order valence-electron chi connectivity index (χ0n) is 10.1. The van der Waals surface area contributed by atoms with Crippen molar-refractivity contribution < 1.29 is 14.3 Å². The number of carbonyl (C=O) groups is 1. The van der Waals surface area contributed by atoms with Crippen molar-refractivity contribution in [3.05, 3.63) is 0 Å². The standard InChI is InChI=1S/C11H19N3O3/c1-16-8-6-14(5-2-3-12)11(15)10-9-17-7-4-13-10/h10,13H,2,4-9H2,1H3. The minimum atomic E-state index is -0.292. The second kappa shape index (κ2) is 8.01. The number of amides is 1. The number of morpholine rings is 1. The van der Waals surface area contributed by atoms with Crippen LogP contribution in [0, 0.1) is 11.3 Å². The number of methoxy groups -OCH3 is 1. The van der Waals surface area contributed by atoms with Gasteiger partial charge in [0.15, 0.2) is 0 Å². The molecule has 0 aromatic heterocycles. The van der Waals surface area contributed by atoms with E-state index in [1.165, 1.54) is 0 Å². The van der Waals surface area contributed by atoms with E-state index in [1.807, 2.05) is 6.07 Å². The van der Waals surface area contributed by atoms with Crippen molar-refractivity contribution in [3.63, 3.8) is 0 Å². The number of nitrogens with zero attached hydrogens (tertiary/aromatic N) is 2. The van der Waals surface area contributed by atoms with Gasteiger partial charge in [0.1, 0.15) is 6.04 Å². The fourth-order valence-corrected chi connectivity index (χ4v) is 1.66. The molecule has 1 fully saturated rings. The van der Waals surface area contributed by atoms with Crippen LogP contribution < -0.4 is 5.32 Å². The Balaban J connectivity index is 2.47. The Morgan fingerprint density at radius 2 is 2.47 bits per heavy atom. The number of hydrogen-bond donors (Lipinski definition) is 1. The first-order valence-corrected chi connectivity index (χ1v) is 5.75. The normalized spacial score (nSPS) is 19.6. The van der Waals surface area contributed by atoms with Gasteiger partial charge in [-0.05, 0) is 0 Å². The maximum absolute atomic E-state index is 12.1. The monoisotopic (exact) mass is 241 g/mol. The van der Waals surface area contributed by atoms with Crippen LogP contribution in [0.1, 0.15) is 6.42 Å². The number of nitrogens with one attached hydrogen (secondary N) is 1. The van der Waals surface area contributed by atoms with E-state index in [9.17, 15) is 4.79 Å². The van der Waals surface area contributed by atoms with E-state index >= 15 is 0 Å². The molecule has 0 aromatic carbocycles. The molecule has 0 aromatic rings. The molecule has 1 N–H and O–H groups in total. The summed E-state index contributed by atoms with van der Waals surface area (Å²) in [6, 6.07) is 1.75. The van der Waals surface area contributed by atoms with Crippen molar-refractivity contribution in [2.45, 2.75) is 12.5 Å². The molecule has 1 heterocycles. The first kappa shape index (κ1) is 13.9. The molecule has 6 nitrogen and oxygen atoms in total. The molecule has 1 amide bonds. The molecule has 0 spiro atoms. The highest BCUT2D eigenvalue weighted by atomic mass is 16.5. The van der Waals surface area contributed by atoms with E-state index in [0.717, 1.165) is 0 Å². The average molecular weight is 241 g/mol. The van der Waals surface area contributed by atoms with Gasteiger partial charge in [-0.25, -0.2) is 0 Å². The van der Waals surface area contributed by atoms with E-state index in [-0.39, 0.29) is 11.9 Å². The number of hydrogen-bond acceptors (Lipinski definition) is 5. The van der Waals surface area contributed by atoms with Crippen LogP contribution in [0.5, 0.6) is 0 Å². The topological polar surface area (TPSA) is 74.6 Å². The van der Waals surface area contributed by atoms with Gasteiger partial charge >= 0.3 is 0 Å². The summed E-state index contributed by atoms with van der Waals surface area (Å²) < 4.78 is 10.2. The third kappa shape index (κ3) is 4.69. The summed E-state index contributed by atoms with van der Waals surface area (Å²) in [5.74, 6) is -0.0167. The van der Waals surface area contributed by atoms with Gasteiger partial charge in [0.05, 0.1) is 32.3 Å². The highest BCUT2D eigenvalue weighted by Crippen LogP contribution is 2.01. The highest BCUT2D eigenvalue weighted by Gasteiger charge is 2.25. The van der Waals surface area contributed by atoms with Crippen molar-refractivity contribution in [2.75, 3.05) is 46.6 Å². The van der Waals surface area contributed by atoms with Gasteiger partial charge < -0.3 is 19.7 Å². The zero-order chi connectivity index (χ0) is 12.5. The molecule has 0 radical (unpaired) electrons. The molecule has 1 atom stereocenters. The molecular formula is C11H19N3O3. The van der Waals surface area contributed by atoms with Crippen LogP contribution in [-0.4, -0.2) is 63.4 Å². The van der Waals surface area contributed by atoms with Crippen molar-refractivity contribution in [1.82, 2.24) is 10.2 Å². The van der Waals surface area contributed by atoms with Crippen LogP contribution in [0.2, 0.25) is 0 Å². The summed E-state index contributed by atoms with van der Waals surface area (Å²) in [5, 5.41) is 11.7. The fourth-order valence-electron chi connectivity index (χ4n) is 1.66. The lowest BCUT2D eigenvalue weighted by molar-refractivity contribution is -0.137. The summed E-state index contributed by atoms with van der Waals surface area (Å²) in [4.78, 5) is 13.8. The Morgan fingerprint density at radius 1 is 1.65 bits per heavy atom. The molecule has 6 heteroatoms. The van der Waals surface area contributed by atoms with Gasteiger partial charge in [-0.1, -0.05) is 0 Å². The maximum Gasteiger partial charge on any atom is 0.242 e. The summed E-state index contributed by atoms with van der Waals surface area (Å²) in [6.45, 7) is 3.15. The third-order valence-electron chi connectivity index (χ3n) is 2.59. The predicted molar refractivity (Wildman–Crippen MR) is 61.3 cm³/mol. The van der Waals surface area contributed by atoms with Crippen LogP contribution in [0.3, 0.4) is 0 Å². The number of carbonyl (C=O) groups excluding carboxylic acids is 1. The van der Waals surface area contributed by atoms with Crippen molar-refractivity contribution in [2.24, 2.45) is 0 Å². The lowest BCUT2D eigenvalue weighted by atomic mass is 10.2. The Morgan fingerprint density at radius 3 is 3.06 bits per heavy atom. The Kier molecular flexibility index (Phi) is 6.55. The van der Waals surface area contributed by atoms with Crippen LogP contribution in [0.15, 0.2) is 0 Å². The van der Waals surface area contributed by atoms with Gasteiger partial charge in [0, 0.05) is 26.7 Å². The van der Waals surface area contributed by atoms with Crippen LogP contribution in [-0.2, 0) is 14.3 Å². The summed E-state index contributed by atoms with van der Waals surface area (Å²) in [5.41, 5.74) is 0. The van der Waals surface area contributed by atoms with Gasteiger partial charge in [-0.15, -0.1) is 0 Å². The smallest absolute Gasteiger partial charge is 0.242 e. The van der Waals surface area contributed by atoms with Crippen LogP contribution in [0.25, 0.3) is 0 Å². The second-order valence-electron chi connectivity index (χ2n) is 3.81. The van der Waals surface area contributed by atoms with Gasteiger partial charge in [0.25, 0.3) is 0 Å². The average Bonchev–Trinajstić information content (AvgIpc) is 2.39. The fraction of sp³-hybridized carbons (Fsp3) is 0.818. The van der Waals surface area contributed by atoms with Crippen LogP contribution in [0.4, 0.5) is 0 Å². The molecule has 17 heavy (non-hydrogen) atoms. The van der Waals surface area contributed by atoms with Crippen molar-refractivity contribution >= 4 is 5.91 Å². The quantitative estimate of drug-likeness (QED) is 0.669. The summed E-state index contributed by atoms with van der Waals surface area (Å²) in [7, 11) is 1.59. The second-order valence-corrected chi connectivity index (χ2v) is 3.81. The molecule has 1 unspecified atom stereocenters. The predicted octanol–water partition coefficient (Wildman–Crippen LogP) is -0.637. The van der Waals surface area contributed by atoms with Crippen molar-refractivity contribution in [3.8, 4) is 6.07 Å². The van der Waals surface area contributed by atoms with E-state index in [4.69, 9.17) is 14.7 Å². The summed E-state index contributed by atoms with van der Waals surface area (Å²) >= 11 is 0. The largest absolute Gasteiger partial charge is 0.383 e. The number of nitriles is 1. The lowest BCUT2D eigenvalue weighted by Gasteiger charge is -2.29. The maximum atomic E-state index is 12.1. The van der Waals surface area contributed by atoms with Gasteiger partial charge in [-0.2, -0.15) is 5.26 Å². The van der Waals surface area contributed by atoms with Gasteiger partial charge in [-0.3, -0.25) is 4.79 Å². The minimum Gasteiger partial charge on any atom is -0.383 e. The third-order valence-corrected chi connectivity index (χ3v) is 2.59. The highest BCUT2D eigenvalue weighted by molar-refractivity contribution is 5.82. The first-order valence-electron chi connectivity index (χ1n) is 5.75. The SMILES string of the molecule is COCCN(CCC#N)C(=O)C1COCCN1. The molecule has 1 rings (SSSR count). The Bertz CT molecular complexity index is 272. The zero-order valence-corrected chi connectivity index (χ0v) is 10.1. The van der Waals surface area contributed by atoms with Gasteiger partial charge in [0.2, 0.25) is 5.91 Å². The molecule has 96 valence electrons. The Hall–Kier alpha value is -1.16. The van der Waals surface area contributed by atoms with E-state index in [0.29, 0.717) is 45.9 Å². The number of rotatable bonds is 6. The molecule has 1 aliphatic rings. The molecule has 0 aliphatic carbocycles. The van der Waals surface area contributed by atoms with Crippen molar-refractivity contribution in [1.29, 1.82) is 5.26 Å². The molecule has 0 bridgehead atoms. The molecule has 1 saturated heterocycles. The number of ether oxygens (including phenoxy) is 2. The van der Waals surface area contributed by atoms with E-state index < -0.39 is 0 Å².